The van der Waals surface area contributed by atoms with Gasteiger partial charge in [-0.3, -0.25) is 14.4 Å². The van der Waals surface area contributed by atoms with E-state index in [1.807, 2.05) is 30.3 Å². The molecule has 7 nitrogen and oxygen atoms in total. The third kappa shape index (κ3) is 6.52. The SMILES string of the molecule is O=P(O)(O)C(NCCCSc1ccccc1)P(=O)(O)O. The smallest absolute Gasteiger partial charge is 0.323 e. The molecule has 0 unspecified atom stereocenters. The lowest BCUT2D eigenvalue weighted by Gasteiger charge is -2.20. The van der Waals surface area contributed by atoms with Gasteiger partial charge < -0.3 is 19.6 Å². The topological polar surface area (TPSA) is 127 Å². The van der Waals surface area contributed by atoms with Crippen LogP contribution in [0.25, 0.3) is 0 Å². The normalized spacial score (nSPS) is 12.8. The summed E-state index contributed by atoms with van der Waals surface area (Å²) in [5.41, 5.74) is -2.13. The van der Waals surface area contributed by atoms with Crippen LogP contribution in [0.4, 0.5) is 0 Å². The molecular weight excluding hydrogens is 324 g/mol. The van der Waals surface area contributed by atoms with Gasteiger partial charge in [0, 0.05) is 4.90 Å². The largest absolute Gasteiger partial charge is 0.354 e. The van der Waals surface area contributed by atoms with Crippen molar-refractivity contribution in [2.45, 2.75) is 16.8 Å². The van der Waals surface area contributed by atoms with Crippen LogP contribution in [0, 0.1) is 0 Å². The third-order valence-corrected chi connectivity index (χ3v) is 6.84. The van der Waals surface area contributed by atoms with Crippen molar-refractivity contribution in [3.63, 3.8) is 0 Å². The van der Waals surface area contributed by atoms with E-state index in [9.17, 15) is 9.13 Å². The van der Waals surface area contributed by atoms with Crippen molar-refractivity contribution >= 4 is 27.0 Å². The maximum absolute atomic E-state index is 11.0. The Balaban J connectivity index is 2.35. The van der Waals surface area contributed by atoms with Gasteiger partial charge in [-0.15, -0.1) is 11.8 Å². The number of nitrogens with one attached hydrogen (secondary N) is 1. The Morgan fingerprint density at radius 2 is 1.60 bits per heavy atom. The third-order valence-electron chi connectivity index (χ3n) is 2.30. The average Bonchev–Trinajstić information content (AvgIpc) is 2.31. The average molecular weight is 341 g/mol. The molecule has 1 aromatic carbocycles. The van der Waals surface area contributed by atoms with Crippen LogP contribution < -0.4 is 5.32 Å². The molecule has 0 heterocycles. The highest BCUT2D eigenvalue weighted by molar-refractivity contribution is 7.99. The predicted molar refractivity (Wildman–Crippen MR) is 77.7 cm³/mol. The van der Waals surface area contributed by atoms with Crippen molar-refractivity contribution in [2.75, 3.05) is 12.3 Å². The lowest BCUT2D eigenvalue weighted by Crippen LogP contribution is -2.30. The molecule has 0 fully saturated rings. The van der Waals surface area contributed by atoms with Crippen molar-refractivity contribution in [3.05, 3.63) is 30.3 Å². The number of rotatable bonds is 8. The Morgan fingerprint density at radius 3 is 2.10 bits per heavy atom. The molecule has 0 aliphatic rings. The van der Waals surface area contributed by atoms with Gasteiger partial charge in [0.2, 0.25) is 5.52 Å². The summed E-state index contributed by atoms with van der Waals surface area (Å²) in [4.78, 5) is 36.7. The number of hydrogen-bond donors (Lipinski definition) is 5. The summed E-state index contributed by atoms with van der Waals surface area (Å²) in [6.07, 6.45) is 0.524. The molecule has 0 spiro atoms. The molecule has 0 bridgehead atoms. The minimum Gasteiger partial charge on any atom is -0.323 e. The van der Waals surface area contributed by atoms with Gasteiger partial charge in [-0.05, 0) is 30.9 Å². The fraction of sp³-hybridized carbons (Fsp3) is 0.400. The zero-order valence-corrected chi connectivity index (χ0v) is 13.1. The van der Waals surface area contributed by atoms with Crippen LogP contribution in [0.5, 0.6) is 0 Å². The van der Waals surface area contributed by atoms with E-state index in [4.69, 9.17) is 19.6 Å². The van der Waals surface area contributed by atoms with Gasteiger partial charge in [0.15, 0.2) is 0 Å². The van der Waals surface area contributed by atoms with E-state index >= 15 is 0 Å². The van der Waals surface area contributed by atoms with Gasteiger partial charge in [0.1, 0.15) is 0 Å². The lowest BCUT2D eigenvalue weighted by molar-refractivity contribution is 0.328. The number of thioether (sulfide) groups is 1. The first kappa shape index (κ1) is 17.9. The van der Waals surface area contributed by atoms with Crippen LogP contribution in [0.1, 0.15) is 6.42 Å². The van der Waals surface area contributed by atoms with E-state index in [0.717, 1.165) is 4.90 Å². The summed E-state index contributed by atoms with van der Waals surface area (Å²) < 4.78 is 22.0. The van der Waals surface area contributed by atoms with E-state index in [2.05, 4.69) is 5.32 Å². The van der Waals surface area contributed by atoms with E-state index in [1.54, 1.807) is 11.8 Å². The number of hydrogen-bond acceptors (Lipinski definition) is 4. The quantitative estimate of drug-likeness (QED) is 0.273. The first-order valence-electron chi connectivity index (χ1n) is 5.73. The summed E-state index contributed by atoms with van der Waals surface area (Å²) in [7, 11) is -9.77. The fourth-order valence-electron chi connectivity index (χ4n) is 1.44. The van der Waals surface area contributed by atoms with Gasteiger partial charge >= 0.3 is 15.2 Å². The highest BCUT2D eigenvalue weighted by Crippen LogP contribution is 2.58. The molecule has 0 atom stereocenters. The van der Waals surface area contributed by atoms with E-state index < -0.39 is 20.7 Å². The second-order valence-corrected chi connectivity index (χ2v) is 8.99. The second-order valence-electron chi connectivity index (χ2n) is 4.02. The molecule has 0 radical (unpaired) electrons. The van der Waals surface area contributed by atoms with Crippen molar-refractivity contribution in [1.29, 1.82) is 0 Å². The lowest BCUT2D eigenvalue weighted by atomic mass is 10.4. The molecule has 1 rings (SSSR count). The Morgan fingerprint density at radius 1 is 1.05 bits per heavy atom. The molecule has 0 amide bonds. The molecule has 0 aromatic heterocycles. The zero-order chi connectivity index (χ0) is 15.2. The second kappa shape index (κ2) is 7.73. The molecule has 0 aliphatic heterocycles. The van der Waals surface area contributed by atoms with Gasteiger partial charge in [-0.2, -0.15) is 0 Å². The molecule has 0 aliphatic carbocycles. The summed E-state index contributed by atoms with van der Waals surface area (Å²) >= 11 is 1.56. The number of benzene rings is 1. The van der Waals surface area contributed by atoms with Crippen molar-refractivity contribution in [1.82, 2.24) is 5.32 Å². The predicted octanol–water partition coefficient (Wildman–Crippen LogP) is 1.40. The van der Waals surface area contributed by atoms with E-state index in [0.29, 0.717) is 12.2 Å². The monoisotopic (exact) mass is 341 g/mol. The van der Waals surface area contributed by atoms with Gasteiger partial charge in [0.25, 0.3) is 0 Å². The Labute approximate surface area is 121 Å². The molecule has 5 N–H and O–H groups in total. The first-order chi connectivity index (χ1) is 9.21. The van der Waals surface area contributed by atoms with Gasteiger partial charge in [-0.1, -0.05) is 18.2 Å². The van der Waals surface area contributed by atoms with Crippen LogP contribution in [-0.4, -0.2) is 37.4 Å². The summed E-state index contributed by atoms with van der Waals surface area (Å²) in [6, 6.07) is 9.57. The standard InChI is InChI=1S/C10H17NO6P2S/c12-18(13,14)10(19(15,16)17)11-7-4-8-20-9-5-2-1-3-6-9/h1-3,5-6,10-11H,4,7-8H2,(H2,12,13,14)(H2,15,16,17). The molecule has 10 heteroatoms. The zero-order valence-electron chi connectivity index (χ0n) is 10.5. The fourth-order valence-corrected chi connectivity index (χ4v) is 4.62. The van der Waals surface area contributed by atoms with Crippen LogP contribution in [0.15, 0.2) is 35.2 Å². The highest BCUT2D eigenvalue weighted by Gasteiger charge is 2.42. The Bertz CT molecular complexity index is 480. The highest BCUT2D eigenvalue weighted by atomic mass is 32.2. The molecule has 20 heavy (non-hydrogen) atoms. The van der Waals surface area contributed by atoms with Crippen LogP contribution in [0.2, 0.25) is 0 Å². The minimum atomic E-state index is -4.89. The van der Waals surface area contributed by atoms with Crippen molar-refractivity contribution < 1.29 is 28.7 Å². The first-order valence-corrected chi connectivity index (χ1v) is 10.1. The summed E-state index contributed by atoms with van der Waals surface area (Å²) in [6.45, 7) is 0.112. The van der Waals surface area contributed by atoms with E-state index in [1.165, 1.54) is 0 Å². The maximum atomic E-state index is 11.0. The van der Waals surface area contributed by atoms with Crippen LogP contribution >= 0.6 is 27.0 Å². The summed E-state index contributed by atoms with van der Waals surface area (Å²) in [5.74, 6) is 0.673. The van der Waals surface area contributed by atoms with Gasteiger partial charge in [-0.25, -0.2) is 0 Å². The minimum absolute atomic E-state index is 0.112. The van der Waals surface area contributed by atoms with Crippen LogP contribution in [-0.2, 0) is 9.13 Å². The van der Waals surface area contributed by atoms with Gasteiger partial charge in [0.05, 0.1) is 0 Å². The maximum Gasteiger partial charge on any atom is 0.354 e. The van der Waals surface area contributed by atoms with Crippen molar-refractivity contribution in [3.8, 4) is 0 Å². The molecular formula is C10H17NO6P2S. The molecule has 1 aromatic rings. The molecule has 114 valence electrons. The molecule has 0 saturated heterocycles. The van der Waals surface area contributed by atoms with E-state index in [-0.39, 0.29) is 6.54 Å². The Hall–Kier alpha value is -0.170. The van der Waals surface area contributed by atoms with Crippen LogP contribution in [0.3, 0.4) is 0 Å². The van der Waals surface area contributed by atoms with Crippen molar-refractivity contribution in [2.24, 2.45) is 0 Å². The Kier molecular flexibility index (Phi) is 6.91. The molecule has 0 saturated carbocycles. The summed E-state index contributed by atoms with van der Waals surface area (Å²) in [5, 5.41) is 2.25.